The number of fused-ring (bicyclic) bond motifs is 1. The van der Waals surface area contributed by atoms with Gasteiger partial charge in [0.05, 0.1) is 0 Å². The number of aromatic amines is 1. The minimum atomic E-state index is -0.810. The molecule has 0 radical (unpaired) electrons. The van der Waals surface area contributed by atoms with E-state index in [1.165, 1.54) is 6.07 Å². The number of primary amides is 1. The van der Waals surface area contributed by atoms with E-state index in [1.807, 2.05) is 6.92 Å². The van der Waals surface area contributed by atoms with E-state index >= 15 is 0 Å². The molecular weight excluding hydrogens is 208 g/mol. The molecule has 5 heteroatoms. The first-order chi connectivity index (χ1) is 7.49. The highest BCUT2D eigenvalue weighted by Gasteiger charge is 2.24. The first-order valence-electron chi connectivity index (χ1n) is 5.08. The van der Waals surface area contributed by atoms with E-state index in [4.69, 9.17) is 5.73 Å². The summed E-state index contributed by atoms with van der Waals surface area (Å²) in [5, 5.41) is 0. The molecule has 0 aromatic carbocycles. The van der Waals surface area contributed by atoms with Crippen LogP contribution in [0.2, 0.25) is 0 Å². The zero-order chi connectivity index (χ0) is 11.9. The summed E-state index contributed by atoms with van der Waals surface area (Å²) >= 11 is 0. The number of hydrogen-bond donors (Lipinski definition) is 2. The normalized spacial score (nSPS) is 19.3. The van der Waals surface area contributed by atoms with E-state index < -0.39 is 11.5 Å². The molecule has 0 aliphatic heterocycles. The molecule has 0 fully saturated rings. The quantitative estimate of drug-likeness (QED) is 0.709. The van der Waals surface area contributed by atoms with Crippen molar-refractivity contribution in [2.75, 3.05) is 0 Å². The molecule has 0 saturated carbocycles. The maximum atomic E-state index is 11.7. The predicted octanol–water partition coefficient (Wildman–Crippen LogP) is 0.239. The summed E-state index contributed by atoms with van der Waals surface area (Å²) < 4.78 is 0. The maximum Gasteiger partial charge on any atom is 0.261 e. The second-order valence-electron chi connectivity index (χ2n) is 4.21. The summed E-state index contributed by atoms with van der Waals surface area (Å²) in [6.07, 6.45) is 1.09. The van der Waals surface area contributed by atoms with E-state index in [-0.39, 0.29) is 17.3 Å². The van der Waals surface area contributed by atoms with Gasteiger partial charge in [0, 0.05) is 17.7 Å². The number of rotatable bonds is 1. The van der Waals surface area contributed by atoms with Crippen molar-refractivity contribution in [1.29, 1.82) is 0 Å². The van der Waals surface area contributed by atoms with E-state index in [0.29, 0.717) is 24.1 Å². The monoisotopic (exact) mass is 220 g/mol. The van der Waals surface area contributed by atoms with Crippen LogP contribution < -0.4 is 11.3 Å². The molecule has 1 atom stereocenters. The van der Waals surface area contributed by atoms with Gasteiger partial charge in [-0.15, -0.1) is 0 Å². The number of amides is 1. The molecule has 1 heterocycles. The van der Waals surface area contributed by atoms with Crippen LogP contribution in [0.3, 0.4) is 0 Å². The molecule has 1 unspecified atom stereocenters. The fraction of sp³-hybridized carbons (Fsp3) is 0.364. The molecule has 1 aliphatic carbocycles. The second kappa shape index (κ2) is 3.59. The molecule has 0 saturated heterocycles. The van der Waals surface area contributed by atoms with Gasteiger partial charge in [0.25, 0.3) is 11.5 Å². The average molecular weight is 220 g/mol. The van der Waals surface area contributed by atoms with E-state index in [0.717, 1.165) is 0 Å². The minimum absolute atomic E-state index is 0.0486. The highest BCUT2D eigenvalue weighted by molar-refractivity contribution is 6.01. The van der Waals surface area contributed by atoms with Crippen LogP contribution in [-0.4, -0.2) is 16.7 Å². The molecule has 2 rings (SSSR count). The molecule has 3 N–H and O–H groups in total. The van der Waals surface area contributed by atoms with Gasteiger partial charge in [0.2, 0.25) is 0 Å². The summed E-state index contributed by atoms with van der Waals surface area (Å²) in [5.74, 6) is -0.641. The lowest BCUT2D eigenvalue weighted by molar-refractivity contribution is 0.0952. The molecule has 1 aromatic rings. The summed E-state index contributed by atoms with van der Waals surface area (Å²) in [6.45, 7) is 1.95. The number of nitrogens with two attached hydrogens (primary N) is 1. The zero-order valence-corrected chi connectivity index (χ0v) is 8.87. The average Bonchev–Trinajstić information content (AvgIpc) is 2.15. The van der Waals surface area contributed by atoms with Crippen molar-refractivity contribution in [3.05, 3.63) is 33.2 Å². The summed E-state index contributed by atoms with van der Waals surface area (Å²) in [7, 11) is 0. The van der Waals surface area contributed by atoms with Gasteiger partial charge in [-0.2, -0.15) is 0 Å². The van der Waals surface area contributed by atoms with E-state index in [2.05, 4.69) is 4.98 Å². The number of ketones is 1. The number of carbonyl (C=O) groups is 2. The van der Waals surface area contributed by atoms with Crippen LogP contribution in [0.4, 0.5) is 0 Å². The molecule has 0 bridgehead atoms. The van der Waals surface area contributed by atoms with Crippen molar-refractivity contribution in [2.24, 2.45) is 11.7 Å². The Morgan fingerprint density at radius 1 is 1.44 bits per heavy atom. The largest absolute Gasteiger partial charge is 0.365 e. The van der Waals surface area contributed by atoms with Crippen LogP contribution in [0.25, 0.3) is 0 Å². The smallest absolute Gasteiger partial charge is 0.261 e. The van der Waals surface area contributed by atoms with Gasteiger partial charge in [-0.05, 0) is 18.4 Å². The van der Waals surface area contributed by atoms with Crippen LogP contribution in [-0.2, 0) is 6.42 Å². The number of H-pyrrole nitrogens is 1. The highest BCUT2D eigenvalue weighted by atomic mass is 16.2. The van der Waals surface area contributed by atoms with Crippen molar-refractivity contribution < 1.29 is 9.59 Å². The number of Topliss-reactive ketones (excluding diaryl/α,β-unsaturated/α-hetero) is 1. The molecular formula is C11H12N2O3. The van der Waals surface area contributed by atoms with Crippen LogP contribution in [0.1, 0.15) is 39.8 Å². The molecule has 1 amide bonds. The Morgan fingerprint density at radius 3 is 2.75 bits per heavy atom. The zero-order valence-electron chi connectivity index (χ0n) is 8.87. The van der Waals surface area contributed by atoms with Crippen molar-refractivity contribution in [1.82, 2.24) is 4.98 Å². The van der Waals surface area contributed by atoms with Gasteiger partial charge in [0.15, 0.2) is 5.78 Å². The third kappa shape index (κ3) is 1.64. The fourth-order valence-corrected chi connectivity index (χ4v) is 2.01. The van der Waals surface area contributed by atoms with Gasteiger partial charge in [-0.25, -0.2) is 0 Å². The van der Waals surface area contributed by atoms with E-state index in [9.17, 15) is 14.4 Å². The lowest BCUT2D eigenvalue weighted by atomic mass is 9.86. The molecule has 1 aliphatic rings. The Balaban J connectivity index is 2.62. The number of pyridine rings is 1. The maximum absolute atomic E-state index is 11.7. The second-order valence-corrected chi connectivity index (χ2v) is 4.21. The Bertz CT molecular complexity index is 531. The van der Waals surface area contributed by atoms with Crippen molar-refractivity contribution in [3.8, 4) is 0 Å². The molecule has 84 valence electrons. The Labute approximate surface area is 91.7 Å². The van der Waals surface area contributed by atoms with Crippen LogP contribution >= 0.6 is 0 Å². The fourth-order valence-electron chi connectivity index (χ4n) is 2.01. The van der Waals surface area contributed by atoms with Gasteiger partial charge >= 0.3 is 0 Å². The summed E-state index contributed by atoms with van der Waals surface area (Å²) in [6, 6.07) is 1.31. The van der Waals surface area contributed by atoms with Crippen LogP contribution in [0.15, 0.2) is 10.9 Å². The van der Waals surface area contributed by atoms with Gasteiger partial charge in [-0.3, -0.25) is 14.4 Å². The van der Waals surface area contributed by atoms with Crippen molar-refractivity contribution >= 4 is 11.7 Å². The highest BCUT2D eigenvalue weighted by Crippen LogP contribution is 2.23. The van der Waals surface area contributed by atoms with Crippen molar-refractivity contribution in [2.45, 2.75) is 19.8 Å². The number of carbonyl (C=O) groups excluding carboxylic acids is 2. The minimum Gasteiger partial charge on any atom is -0.365 e. The molecule has 0 spiro atoms. The first-order valence-corrected chi connectivity index (χ1v) is 5.08. The first kappa shape index (κ1) is 10.6. The molecule has 1 aromatic heterocycles. The Morgan fingerprint density at radius 2 is 2.12 bits per heavy atom. The third-order valence-electron chi connectivity index (χ3n) is 2.78. The van der Waals surface area contributed by atoms with Crippen LogP contribution in [0.5, 0.6) is 0 Å². The Kier molecular flexibility index (Phi) is 2.38. The Hall–Kier alpha value is -1.91. The number of hydrogen-bond acceptors (Lipinski definition) is 3. The lowest BCUT2D eigenvalue weighted by Crippen LogP contribution is -2.29. The summed E-state index contributed by atoms with van der Waals surface area (Å²) in [5.41, 5.74) is 5.41. The molecule has 16 heavy (non-hydrogen) atoms. The SMILES string of the molecule is CC1CC(=O)c2cc(C(N)=O)c(=O)[nH]c2C1. The standard InChI is InChI=1S/C11H12N2O3/c1-5-2-8-6(9(14)3-5)4-7(10(12)15)11(16)13-8/h4-5H,2-3H2,1H3,(H2,12,15)(H,13,16). The van der Waals surface area contributed by atoms with Crippen LogP contribution in [0, 0.1) is 5.92 Å². The summed E-state index contributed by atoms with van der Waals surface area (Å²) in [4.78, 5) is 36.7. The van der Waals surface area contributed by atoms with Crippen molar-refractivity contribution in [3.63, 3.8) is 0 Å². The predicted molar refractivity (Wildman–Crippen MR) is 57.4 cm³/mol. The third-order valence-corrected chi connectivity index (χ3v) is 2.78. The van der Waals surface area contributed by atoms with Gasteiger partial charge in [-0.1, -0.05) is 6.92 Å². The topological polar surface area (TPSA) is 93.0 Å². The van der Waals surface area contributed by atoms with E-state index in [1.54, 1.807) is 0 Å². The lowest BCUT2D eigenvalue weighted by Gasteiger charge is -2.19. The number of nitrogens with one attached hydrogen (secondary N) is 1. The van der Waals surface area contributed by atoms with Gasteiger partial charge in [0.1, 0.15) is 5.56 Å². The number of aromatic nitrogens is 1. The molecule has 5 nitrogen and oxygen atoms in total. The van der Waals surface area contributed by atoms with Gasteiger partial charge < -0.3 is 10.7 Å².